The summed E-state index contributed by atoms with van der Waals surface area (Å²) in [6.07, 6.45) is 4.53. The maximum absolute atomic E-state index is 5.19. The highest BCUT2D eigenvalue weighted by molar-refractivity contribution is 5.81. The van der Waals surface area contributed by atoms with E-state index in [9.17, 15) is 0 Å². The lowest BCUT2D eigenvalue weighted by Crippen LogP contribution is -2.06. The van der Waals surface area contributed by atoms with Gasteiger partial charge in [0, 0.05) is 33.5 Å². The fraction of sp³-hybridized carbons (Fsp3) is 0.909. The summed E-state index contributed by atoms with van der Waals surface area (Å²) < 4.78 is 9.98. The molecule has 0 aliphatic heterocycles. The molecule has 4 nitrogen and oxygen atoms in total. The first-order chi connectivity index (χ1) is 7.16. The van der Waals surface area contributed by atoms with Crippen molar-refractivity contribution in [3.63, 3.8) is 0 Å². The Balaban J connectivity index is 3.24. The van der Waals surface area contributed by atoms with Crippen molar-refractivity contribution < 1.29 is 9.47 Å². The van der Waals surface area contributed by atoms with Crippen LogP contribution in [0.2, 0.25) is 0 Å². The van der Waals surface area contributed by atoms with Crippen LogP contribution in [0.3, 0.4) is 0 Å². The van der Waals surface area contributed by atoms with E-state index in [1.165, 1.54) is 18.6 Å². The Labute approximate surface area is 93.2 Å². The first kappa shape index (κ1) is 14.4. The Bertz CT molecular complexity index is 170. The van der Waals surface area contributed by atoms with Crippen molar-refractivity contribution >= 4 is 5.71 Å². The second-order valence-electron chi connectivity index (χ2n) is 3.81. The molecule has 0 amide bonds. The number of hydrogen-bond acceptors (Lipinski definition) is 4. The summed E-state index contributed by atoms with van der Waals surface area (Å²) in [4.78, 5) is 0. The van der Waals surface area contributed by atoms with Gasteiger partial charge in [-0.05, 0) is 26.2 Å². The Hall–Kier alpha value is -0.610. The second-order valence-corrected chi connectivity index (χ2v) is 3.81. The summed E-state index contributed by atoms with van der Waals surface area (Å²) in [7, 11) is 5.53. The molecule has 0 aromatic rings. The highest BCUT2D eigenvalue weighted by atomic mass is 16.7. The van der Waals surface area contributed by atoms with Crippen LogP contribution in [-0.2, 0) is 9.47 Å². The molecule has 0 aromatic carbocycles. The zero-order chi connectivity index (χ0) is 11.5. The van der Waals surface area contributed by atoms with E-state index in [4.69, 9.17) is 9.47 Å². The summed E-state index contributed by atoms with van der Waals surface area (Å²) in [5.41, 5.74) is 1.19. The molecule has 0 saturated heterocycles. The Morgan fingerprint density at radius 1 is 1.20 bits per heavy atom. The van der Waals surface area contributed by atoms with Crippen molar-refractivity contribution in [1.82, 2.24) is 5.01 Å². The number of ether oxygens (including phenoxy) is 2. The summed E-state index contributed by atoms with van der Waals surface area (Å²) in [5, 5.41) is 6.17. The molecule has 15 heavy (non-hydrogen) atoms. The van der Waals surface area contributed by atoms with Gasteiger partial charge in [0.25, 0.3) is 0 Å². The quantitative estimate of drug-likeness (QED) is 0.256. The average Bonchev–Trinajstić information content (AvgIpc) is 2.15. The van der Waals surface area contributed by atoms with Crippen LogP contribution in [0.25, 0.3) is 0 Å². The molecule has 0 N–H and O–H groups in total. The van der Waals surface area contributed by atoms with E-state index in [0.717, 1.165) is 19.4 Å². The first-order valence-electron chi connectivity index (χ1n) is 5.45. The zero-order valence-electron chi connectivity index (χ0n) is 10.5. The van der Waals surface area contributed by atoms with Crippen molar-refractivity contribution in [2.24, 2.45) is 5.10 Å². The fourth-order valence-corrected chi connectivity index (χ4v) is 1.30. The molecule has 0 radical (unpaired) electrons. The van der Waals surface area contributed by atoms with Crippen molar-refractivity contribution in [2.45, 2.75) is 32.6 Å². The minimum absolute atomic E-state index is 0.404. The van der Waals surface area contributed by atoms with Gasteiger partial charge in [-0.1, -0.05) is 6.42 Å². The minimum atomic E-state index is 0.404. The van der Waals surface area contributed by atoms with E-state index in [1.807, 2.05) is 19.1 Å². The summed E-state index contributed by atoms with van der Waals surface area (Å²) in [6, 6.07) is 0. The van der Waals surface area contributed by atoms with Crippen molar-refractivity contribution in [1.29, 1.82) is 0 Å². The number of hydrogen-bond donors (Lipinski definition) is 0. The lowest BCUT2D eigenvalue weighted by Gasteiger charge is -2.07. The largest absolute Gasteiger partial charge is 0.359 e. The molecule has 0 aliphatic rings. The fourth-order valence-electron chi connectivity index (χ4n) is 1.30. The Morgan fingerprint density at radius 3 is 2.53 bits per heavy atom. The number of methoxy groups -OCH3 is 1. The molecule has 0 atom stereocenters. The third kappa shape index (κ3) is 11.3. The van der Waals surface area contributed by atoms with Gasteiger partial charge in [-0.2, -0.15) is 5.10 Å². The van der Waals surface area contributed by atoms with Crippen LogP contribution < -0.4 is 0 Å². The maximum Gasteiger partial charge on any atom is 0.146 e. The van der Waals surface area contributed by atoms with Crippen LogP contribution in [-0.4, -0.2) is 45.3 Å². The number of nitrogens with zero attached hydrogens (tertiary/aromatic N) is 2. The maximum atomic E-state index is 5.19. The molecule has 0 saturated carbocycles. The van der Waals surface area contributed by atoms with Crippen LogP contribution in [0.15, 0.2) is 5.10 Å². The van der Waals surface area contributed by atoms with Crippen molar-refractivity contribution in [3.8, 4) is 0 Å². The standard InChI is InChI=1S/C11H24N2O2/c1-11(12-13(2)3)8-6-5-7-9-15-10-14-4/h5-10H2,1-4H3/b12-11+. The van der Waals surface area contributed by atoms with Crippen LogP contribution in [0.1, 0.15) is 32.6 Å². The molecule has 4 heteroatoms. The van der Waals surface area contributed by atoms with E-state index in [2.05, 4.69) is 12.0 Å². The van der Waals surface area contributed by atoms with Gasteiger partial charge in [0.1, 0.15) is 6.79 Å². The van der Waals surface area contributed by atoms with E-state index in [1.54, 1.807) is 7.11 Å². The van der Waals surface area contributed by atoms with E-state index in [-0.39, 0.29) is 0 Å². The van der Waals surface area contributed by atoms with Crippen LogP contribution in [0, 0.1) is 0 Å². The molecule has 90 valence electrons. The van der Waals surface area contributed by atoms with Gasteiger partial charge in [0.2, 0.25) is 0 Å². The van der Waals surface area contributed by atoms with Crippen LogP contribution in [0.4, 0.5) is 0 Å². The first-order valence-corrected chi connectivity index (χ1v) is 5.45. The number of unbranched alkanes of at least 4 members (excludes halogenated alkanes) is 2. The molecule has 0 fully saturated rings. The molecule has 0 bridgehead atoms. The van der Waals surface area contributed by atoms with E-state index >= 15 is 0 Å². The van der Waals surface area contributed by atoms with Gasteiger partial charge in [0.05, 0.1) is 0 Å². The smallest absolute Gasteiger partial charge is 0.146 e. The topological polar surface area (TPSA) is 34.1 Å². The van der Waals surface area contributed by atoms with Gasteiger partial charge >= 0.3 is 0 Å². The van der Waals surface area contributed by atoms with E-state index < -0.39 is 0 Å². The molecule has 0 rings (SSSR count). The van der Waals surface area contributed by atoms with Crippen LogP contribution >= 0.6 is 0 Å². The number of rotatable bonds is 9. The van der Waals surface area contributed by atoms with Gasteiger partial charge in [-0.3, -0.25) is 0 Å². The normalized spacial score (nSPS) is 11.9. The zero-order valence-corrected chi connectivity index (χ0v) is 10.5. The lowest BCUT2D eigenvalue weighted by molar-refractivity contribution is -0.0315. The Kier molecular flexibility index (Phi) is 9.52. The number of hydrazone groups is 1. The molecule has 0 heterocycles. The third-order valence-electron chi connectivity index (χ3n) is 1.90. The molecular formula is C11H24N2O2. The van der Waals surface area contributed by atoms with Crippen molar-refractivity contribution in [2.75, 3.05) is 34.6 Å². The molecule has 0 aliphatic carbocycles. The van der Waals surface area contributed by atoms with Crippen molar-refractivity contribution in [3.05, 3.63) is 0 Å². The third-order valence-corrected chi connectivity index (χ3v) is 1.90. The lowest BCUT2D eigenvalue weighted by atomic mass is 10.1. The summed E-state index contributed by atoms with van der Waals surface area (Å²) >= 11 is 0. The van der Waals surface area contributed by atoms with Gasteiger partial charge in [-0.25, -0.2) is 0 Å². The monoisotopic (exact) mass is 216 g/mol. The second kappa shape index (κ2) is 9.93. The van der Waals surface area contributed by atoms with Crippen LogP contribution in [0.5, 0.6) is 0 Å². The summed E-state index contributed by atoms with van der Waals surface area (Å²) in [6.45, 7) is 3.26. The SMILES string of the molecule is COCOCCCCC/C(C)=N/N(C)C. The Morgan fingerprint density at radius 2 is 1.93 bits per heavy atom. The highest BCUT2D eigenvalue weighted by Gasteiger charge is 1.94. The predicted octanol–water partition coefficient (Wildman–Crippen LogP) is 2.10. The van der Waals surface area contributed by atoms with E-state index in [0.29, 0.717) is 6.79 Å². The molecule has 0 aromatic heterocycles. The minimum Gasteiger partial charge on any atom is -0.359 e. The average molecular weight is 216 g/mol. The molecule has 0 unspecified atom stereocenters. The summed E-state index contributed by atoms with van der Waals surface area (Å²) in [5.74, 6) is 0. The molecular weight excluding hydrogens is 192 g/mol. The molecule has 0 spiro atoms. The van der Waals surface area contributed by atoms with Gasteiger partial charge in [-0.15, -0.1) is 0 Å². The predicted molar refractivity (Wildman–Crippen MR) is 63.1 cm³/mol. The highest BCUT2D eigenvalue weighted by Crippen LogP contribution is 2.02. The van der Waals surface area contributed by atoms with Gasteiger partial charge < -0.3 is 14.5 Å². The van der Waals surface area contributed by atoms with Gasteiger partial charge in [0.15, 0.2) is 0 Å².